The molecule has 2 aromatic rings. The van der Waals surface area contributed by atoms with Crippen molar-refractivity contribution in [2.75, 3.05) is 13.7 Å². The molecule has 23 heavy (non-hydrogen) atoms. The van der Waals surface area contributed by atoms with Gasteiger partial charge in [0.25, 0.3) is 0 Å². The molecule has 0 bridgehead atoms. The lowest BCUT2D eigenvalue weighted by molar-refractivity contribution is -0.154. The third kappa shape index (κ3) is 3.52. The van der Waals surface area contributed by atoms with Gasteiger partial charge in [-0.15, -0.1) is 11.3 Å². The molecule has 0 spiro atoms. The van der Waals surface area contributed by atoms with Gasteiger partial charge >= 0.3 is 5.97 Å². The number of thiazole rings is 1. The Hall–Kier alpha value is -1.95. The van der Waals surface area contributed by atoms with Crippen LogP contribution in [0.5, 0.6) is 0 Å². The number of ether oxygens (including phenoxy) is 1. The first-order valence-electron chi connectivity index (χ1n) is 7.91. The summed E-state index contributed by atoms with van der Waals surface area (Å²) in [4.78, 5) is 30.6. The number of rotatable bonds is 4. The molecule has 0 saturated carbocycles. The van der Waals surface area contributed by atoms with Crippen LogP contribution < -0.4 is 0 Å². The number of hydrogen-bond acceptors (Lipinski definition) is 5. The van der Waals surface area contributed by atoms with E-state index in [1.54, 1.807) is 16.2 Å². The predicted molar refractivity (Wildman–Crippen MR) is 89.3 cm³/mol. The highest BCUT2D eigenvalue weighted by atomic mass is 32.1. The van der Waals surface area contributed by atoms with E-state index in [0.717, 1.165) is 28.1 Å². The van der Waals surface area contributed by atoms with Crippen LogP contribution in [0.3, 0.4) is 0 Å². The van der Waals surface area contributed by atoms with E-state index in [1.165, 1.54) is 7.11 Å². The first-order chi connectivity index (χ1) is 11.2. The van der Waals surface area contributed by atoms with Crippen molar-refractivity contribution in [3.8, 4) is 0 Å². The second-order valence-electron chi connectivity index (χ2n) is 5.70. The number of hydrogen-bond donors (Lipinski definition) is 0. The lowest BCUT2D eigenvalue weighted by Crippen LogP contribution is -2.48. The second kappa shape index (κ2) is 7.08. The van der Waals surface area contributed by atoms with Crippen molar-refractivity contribution < 1.29 is 14.3 Å². The number of methoxy groups -OCH3 is 1. The minimum atomic E-state index is -0.420. The average Bonchev–Trinajstić information content (AvgIpc) is 3.02. The van der Waals surface area contributed by atoms with Crippen LogP contribution in [0, 0.1) is 0 Å². The van der Waals surface area contributed by atoms with Crippen LogP contribution in [-0.2, 0) is 20.7 Å². The molecule has 0 aliphatic carbocycles. The highest BCUT2D eigenvalue weighted by Gasteiger charge is 2.32. The van der Waals surface area contributed by atoms with E-state index in [-0.39, 0.29) is 11.9 Å². The summed E-state index contributed by atoms with van der Waals surface area (Å²) in [5.41, 5.74) is 0.977. The summed E-state index contributed by atoms with van der Waals surface area (Å²) in [6.07, 6.45) is 3.59. The average molecular weight is 332 g/mol. The fourth-order valence-electron chi connectivity index (χ4n) is 3.00. The molecule has 0 radical (unpaired) electrons. The quantitative estimate of drug-likeness (QED) is 0.808. The molecule has 1 aromatic heterocycles. The number of fused-ring (bicyclic) bond motifs is 1. The van der Waals surface area contributed by atoms with Crippen LogP contribution >= 0.6 is 11.3 Å². The fraction of sp³-hybridized carbons (Fsp3) is 0.471. The zero-order valence-electron chi connectivity index (χ0n) is 13.2. The highest BCUT2D eigenvalue weighted by molar-refractivity contribution is 7.18. The largest absolute Gasteiger partial charge is 0.467 e. The third-order valence-electron chi connectivity index (χ3n) is 4.19. The Balaban J connectivity index is 1.64. The van der Waals surface area contributed by atoms with Gasteiger partial charge in [-0.1, -0.05) is 12.1 Å². The first-order valence-corrected chi connectivity index (χ1v) is 8.72. The number of piperidine rings is 1. The van der Waals surface area contributed by atoms with E-state index >= 15 is 0 Å². The summed E-state index contributed by atoms with van der Waals surface area (Å²) < 4.78 is 5.97. The van der Waals surface area contributed by atoms with Crippen molar-refractivity contribution in [1.82, 2.24) is 9.88 Å². The Morgan fingerprint density at radius 2 is 2.17 bits per heavy atom. The molecule has 1 amide bonds. The predicted octanol–water partition coefficient (Wildman–Crippen LogP) is 2.78. The molecule has 1 fully saturated rings. The molecule has 3 rings (SSSR count). The van der Waals surface area contributed by atoms with Gasteiger partial charge in [-0.2, -0.15) is 0 Å². The van der Waals surface area contributed by atoms with Crippen LogP contribution in [0.1, 0.15) is 30.7 Å². The maximum atomic E-state index is 12.5. The Bertz CT molecular complexity index is 680. The maximum absolute atomic E-state index is 12.5. The number of nitrogens with zero attached hydrogens (tertiary/aromatic N) is 2. The Morgan fingerprint density at radius 3 is 2.96 bits per heavy atom. The first kappa shape index (κ1) is 15.9. The molecule has 5 nitrogen and oxygen atoms in total. The summed E-state index contributed by atoms with van der Waals surface area (Å²) in [5.74, 6) is -0.294. The van der Waals surface area contributed by atoms with Gasteiger partial charge in [0.1, 0.15) is 6.04 Å². The number of aryl methyl sites for hydroxylation is 1. The Kier molecular flexibility index (Phi) is 4.91. The number of benzene rings is 1. The maximum Gasteiger partial charge on any atom is 0.328 e. The fourth-order valence-corrected chi connectivity index (χ4v) is 3.96. The number of carbonyl (C=O) groups excluding carboxylic acids is 2. The van der Waals surface area contributed by atoms with Gasteiger partial charge in [0.15, 0.2) is 0 Å². The number of carbonyl (C=O) groups is 2. The van der Waals surface area contributed by atoms with E-state index in [4.69, 9.17) is 4.74 Å². The van der Waals surface area contributed by atoms with Gasteiger partial charge in [-0.3, -0.25) is 4.79 Å². The van der Waals surface area contributed by atoms with Crippen molar-refractivity contribution in [3.63, 3.8) is 0 Å². The van der Waals surface area contributed by atoms with Crippen LogP contribution in [0.15, 0.2) is 24.3 Å². The van der Waals surface area contributed by atoms with Gasteiger partial charge in [-0.05, 0) is 31.4 Å². The van der Waals surface area contributed by atoms with Crippen LogP contribution in [-0.4, -0.2) is 41.5 Å². The highest BCUT2D eigenvalue weighted by Crippen LogP contribution is 2.24. The van der Waals surface area contributed by atoms with Gasteiger partial charge in [0.2, 0.25) is 5.91 Å². The molecular weight excluding hydrogens is 312 g/mol. The van der Waals surface area contributed by atoms with E-state index < -0.39 is 6.04 Å². The van der Waals surface area contributed by atoms with Crippen molar-refractivity contribution in [2.24, 2.45) is 0 Å². The minimum Gasteiger partial charge on any atom is -0.467 e. The molecule has 1 atom stereocenters. The van der Waals surface area contributed by atoms with Crippen molar-refractivity contribution >= 4 is 33.4 Å². The van der Waals surface area contributed by atoms with Gasteiger partial charge in [0.05, 0.1) is 22.3 Å². The standard InChI is InChI=1S/C17H20N2O3S/c1-22-17(21)13-7-4-5-11-19(13)16(20)10-9-15-18-12-6-2-3-8-14(12)23-15/h2-3,6,8,13H,4-5,7,9-11H2,1H3. The molecule has 2 heterocycles. The molecule has 1 aliphatic heterocycles. The summed E-state index contributed by atoms with van der Waals surface area (Å²) in [5, 5.41) is 0.964. The number of amides is 1. The lowest BCUT2D eigenvalue weighted by Gasteiger charge is -2.33. The number of likely N-dealkylation sites (tertiary alicyclic amines) is 1. The van der Waals surface area contributed by atoms with Crippen LogP contribution in [0.4, 0.5) is 0 Å². The normalized spacial score (nSPS) is 18.1. The van der Waals surface area contributed by atoms with Gasteiger partial charge < -0.3 is 9.64 Å². The second-order valence-corrected chi connectivity index (χ2v) is 6.81. The molecule has 122 valence electrons. The summed E-state index contributed by atoms with van der Waals surface area (Å²) in [6, 6.07) is 7.55. The zero-order chi connectivity index (χ0) is 16.2. The number of aromatic nitrogens is 1. The summed E-state index contributed by atoms with van der Waals surface area (Å²) in [7, 11) is 1.38. The van der Waals surface area contributed by atoms with E-state index in [9.17, 15) is 9.59 Å². The van der Waals surface area contributed by atoms with Gasteiger partial charge in [-0.25, -0.2) is 9.78 Å². The molecule has 1 saturated heterocycles. The van der Waals surface area contributed by atoms with Crippen molar-refractivity contribution in [1.29, 1.82) is 0 Å². The summed E-state index contributed by atoms with van der Waals surface area (Å²) >= 11 is 1.62. The minimum absolute atomic E-state index is 0.0133. The monoisotopic (exact) mass is 332 g/mol. The third-order valence-corrected chi connectivity index (χ3v) is 5.28. The lowest BCUT2D eigenvalue weighted by atomic mass is 10.0. The SMILES string of the molecule is COC(=O)C1CCCCN1C(=O)CCc1nc2ccccc2s1. The Morgan fingerprint density at radius 1 is 1.35 bits per heavy atom. The number of esters is 1. The molecular formula is C17H20N2O3S. The molecule has 1 aliphatic rings. The molecule has 0 N–H and O–H groups in total. The zero-order valence-corrected chi connectivity index (χ0v) is 14.0. The molecule has 1 aromatic carbocycles. The van der Waals surface area contributed by atoms with Crippen LogP contribution in [0.25, 0.3) is 10.2 Å². The van der Waals surface area contributed by atoms with Crippen molar-refractivity contribution in [3.05, 3.63) is 29.3 Å². The van der Waals surface area contributed by atoms with E-state index in [2.05, 4.69) is 4.98 Å². The molecule has 1 unspecified atom stereocenters. The molecule has 6 heteroatoms. The van der Waals surface area contributed by atoms with E-state index in [0.29, 0.717) is 25.8 Å². The van der Waals surface area contributed by atoms with Crippen LogP contribution in [0.2, 0.25) is 0 Å². The van der Waals surface area contributed by atoms with E-state index in [1.807, 2.05) is 24.3 Å². The van der Waals surface area contributed by atoms with Crippen molar-refractivity contribution in [2.45, 2.75) is 38.1 Å². The smallest absolute Gasteiger partial charge is 0.328 e. The summed E-state index contributed by atoms with van der Waals surface area (Å²) in [6.45, 7) is 0.637. The van der Waals surface area contributed by atoms with Gasteiger partial charge in [0, 0.05) is 19.4 Å². The topological polar surface area (TPSA) is 59.5 Å². The number of para-hydroxylation sites is 1. The Labute approximate surface area is 139 Å².